The van der Waals surface area contributed by atoms with Gasteiger partial charge in [-0.3, -0.25) is 4.79 Å². The molecule has 7 heteroatoms. The van der Waals surface area contributed by atoms with Crippen molar-refractivity contribution < 1.29 is 4.79 Å². The molecule has 2 N–H and O–H groups in total. The maximum atomic E-state index is 13.5. The normalized spacial score (nSPS) is 21.6. The molecule has 2 aliphatic rings. The maximum Gasteiger partial charge on any atom is 0.230 e. The molecule has 184 valence electrons. The third-order valence-electron chi connectivity index (χ3n) is 7.69. The van der Waals surface area contributed by atoms with Crippen LogP contribution in [0.1, 0.15) is 56.9 Å². The summed E-state index contributed by atoms with van der Waals surface area (Å²) in [5, 5.41) is 8.73. The Morgan fingerprint density at radius 3 is 2.29 bits per heavy atom. The van der Waals surface area contributed by atoms with Crippen molar-refractivity contribution in [1.29, 1.82) is 0 Å². The third kappa shape index (κ3) is 4.94. The number of hydrogen-bond donors (Lipinski definition) is 2. The summed E-state index contributed by atoms with van der Waals surface area (Å²) in [6, 6.07) is 16.5. The van der Waals surface area contributed by atoms with E-state index in [9.17, 15) is 4.79 Å². The number of fused-ring (bicyclic) bond motifs is 1. The Balaban J connectivity index is 1.22. The van der Waals surface area contributed by atoms with Gasteiger partial charge in [-0.15, -0.1) is 0 Å². The van der Waals surface area contributed by atoms with Crippen molar-refractivity contribution in [2.24, 2.45) is 0 Å². The Labute approximate surface area is 212 Å². The second-order valence-corrected chi connectivity index (χ2v) is 10.7. The summed E-state index contributed by atoms with van der Waals surface area (Å²) in [4.78, 5) is 25.1. The number of benzene rings is 2. The minimum absolute atomic E-state index is 0.183. The SMILES string of the molecule is CN(C)c1nc(NC2CCC(NC(=O)C3(c4ccc(Cl)cc4)CCCC3)CC2)nc2ccccc12. The number of halogens is 1. The lowest BCUT2D eigenvalue weighted by atomic mass is 9.77. The number of carbonyl (C=O) groups is 1. The molecule has 0 unspecified atom stereocenters. The van der Waals surface area contributed by atoms with Gasteiger partial charge in [-0.05, 0) is 68.4 Å². The van der Waals surface area contributed by atoms with E-state index in [0.29, 0.717) is 17.0 Å². The molecule has 0 spiro atoms. The molecule has 0 aliphatic heterocycles. The molecule has 35 heavy (non-hydrogen) atoms. The Kier molecular flexibility index (Phi) is 6.83. The molecular weight excluding hydrogens is 458 g/mol. The van der Waals surface area contributed by atoms with Gasteiger partial charge in [-0.1, -0.05) is 48.7 Å². The number of nitrogens with zero attached hydrogens (tertiary/aromatic N) is 3. The van der Waals surface area contributed by atoms with Gasteiger partial charge in [0.15, 0.2) is 0 Å². The topological polar surface area (TPSA) is 70.2 Å². The summed E-state index contributed by atoms with van der Waals surface area (Å²) in [5.41, 5.74) is 1.62. The van der Waals surface area contributed by atoms with Crippen LogP contribution in [0.15, 0.2) is 48.5 Å². The van der Waals surface area contributed by atoms with Gasteiger partial charge in [0.25, 0.3) is 0 Å². The molecule has 0 saturated heterocycles. The number of para-hydroxylation sites is 1. The predicted molar refractivity (Wildman–Crippen MR) is 143 cm³/mol. The number of amides is 1. The van der Waals surface area contributed by atoms with Crippen molar-refractivity contribution in [2.75, 3.05) is 24.3 Å². The molecule has 1 amide bonds. The van der Waals surface area contributed by atoms with E-state index in [-0.39, 0.29) is 11.9 Å². The Morgan fingerprint density at radius 1 is 0.943 bits per heavy atom. The molecule has 6 nitrogen and oxygen atoms in total. The van der Waals surface area contributed by atoms with Crippen LogP contribution < -0.4 is 15.5 Å². The summed E-state index contributed by atoms with van der Waals surface area (Å²) in [6.07, 6.45) is 7.86. The second-order valence-electron chi connectivity index (χ2n) is 10.2. The lowest BCUT2D eigenvalue weighted by Crippen LogP contribution is -2.48. The van der Waals surface area contributed by atoms with Crippen LogP contribution in [0.2, 0.25) is 5.02 Å². The van der Waals surface area contributed by atoms with Gasteiger partial charge in [0, 0.05) is 36.6 Å². The van der Waals surface area contributed by atoms with Crippen molar-refractivity contribution in [3.63, 3.8) is 0 Å². The van der Waals surface area contributed by atoms with E-state index in [4.69, 9.17) is 21.6 Å². The van der Waals surface area contributed by atoms with Crippen LogP contribution in [-0.2, 0) is 10.2 Å². The number of aromatic nitrogens is 2. The van der Waals surface area contributed by atoms with E-state index in [1.807, 2.05) is 61.5 Å². The second kappa shape index (κ2) is 10.0. The van der Waals surface area contributed by atoms with Gasteiger partial charge in [0.05, 0.1) is 10.9 Å². The molecule has 3 aromatic rings. The first-order valence-corrected chi connectivity index (χ1v) is 13.1. The first kappa shape index (κ1) is 23.9. The zero-order chi connectivity index (χ0) is 24.4. The smallest absolute Gasteiger partial charge is 0.230 e. The van der Waals surface area contributed by atoms with Gasteiger partial charge in [0.1, 0.15) is 5.82 Å². The summed E-state index contributed by atoms with van der Waals surface area (Å²) < 4.78 is 0. The molecule has 0 radical (unpaired) electrons. The van der Waals surface area contributed by atoms with Crippen molar-refractivity contribution >= 4 is 40.2 Å². The molecule has 2 aromatic carbocycles. The Bertz CT molecular complexity index is 1180. The van der Waals surface area contributed by atoms with Crippen molar-refractivity contribution in [3.05, 3.63) is 59.1 Å². The molecule has 0 bridgehead atoms. The summed E-state index contributed by atoms with van der Waals surface area (Å²) >= 11 is 6.11. The van der Waals surface area contributed by atoms with E-state index >= 15 is 0 Å². The lowest BCUT2D eigenvalue weighted by Gasteiger charge is -2.34. The number of carbonyl (C=O) groups excluding carboxylic acids is 1. The van der Waals surface area contributed by atoms with Gasteiger partial charge >= 0.3 is 0 Å². The highest BCUT2D eigenvalue weighted by atomic mass is 35.5. The van der Waals surface area contributed by atoms with Crippen molar-refractivity contribution in [2.45, 2.75) is 68.9 Å². The van der Waals surface area contributed by atoms with Crippen molar-refractivity contribution in [3.8, 4) is 0 Å². The molecule has 1 aromatic heterocycles. The number of nitrogens with one attached hydrogen (secondary N) is 2. The fourth-order valence-corrected chi connectivity index (χ4v) is 5.87. The number of hydrogen-bond acceptors (Lipinski definition) is 5. The highest BCUT2D eigenvalue weighted by molar-refractivity contribution is 6.30. The van der Waals surface area contributed by atoms with E-state index in [1.165, 1.54) is 0 Å². The minimum Gasteiger partial charge on any atom is -0.362 e. The Hall–Kier alpha value is -2.86. The van der Waals surface area contributed by atoms with Crippen LogP contribution in [-0.4, -0.2) is 42.1 Å². The molecule has 5 rings (SSSR count). The van der Waals surface area contributed by atoms with Crippen LogP contribution in [0.25, 0.3) is 10.9 Å². The highest BCUT2D eigenvalue weighted by Gasteiger charge is 2.43. The monoisotopic (exact) mass is 491 g/mol. The van der Waals surface area contributed by atoms with Crippen LogP contribution in [0.4, 0.5) is 11.8 Å². The third-order valence-corrected chi connectivity index (χ3v) is 7.94. The molecule has 2 fully saturated rings. The fraction of sp³-hybridized carbons (Fsp3) is 0.464. The first-order valence-electron chi connectivity index (χ1n) is 12.7. The minimum atomic E-state index is -0.415. The average Bonchev–Trinajstić information content (AvgIpc) is 3.36. The number of rotatable bonds is 6. The van der Waals surface area contributed by atoms with Crippen LogP contribution in [0.5, 0.6) is 0 Å². The van der Waals surface area contributed by atoms with E-state index in [2.05, 4.69) is 16.7 Å². The molecular formula is C28H34ClN5O. The van der Waals surface area contributed by atoms with Gasteiger partial charge < -0.3 is 15.5 Å². The zero-order valence-electron chi connectivity index (χ0n) is 20.6. The largest absolute Gasteiger partial charge is 0.362 e. The van der Waals surface area contributed by atoms with Crippen LogP contribution in [0.3, 0.4) is 0 Å². The van der Waals surface area contributed by atoms with Gasteiger partial charge in [-0.2, -0.15) is 4.98 Å². The van der Waals surface area contributed by atoms with Gasteiger partial charge in [-0.25, -0.2) is 4.98 Å². The quantitative estimate of drug-likeness (QED) is 0.462. The molecule has 2 saturated carbocycles. The molecule has 0 atom stereocenters. The predicted octanol–water partition coefficient (Wildman–Crippen LogP) is 5.70. The van der Waals surface area contributed by atoms with E-state index in [0.717, 1.165) is 73.7 Å². The zero-order valence-corrected chi connectivity index (χ0v) is 21.3. The standard InChI is InChI=1S/C28H34ClN5O/c1-34(2)25-23-7-3-4-8-24(23)32-27(33-25)31-22-15-13-21(14-16-22)30-26(35)28(17-5-6-18-28)19-9-11-20(29)12-10-19/h3-4,7-12,21-22H,5-6,13-18H2,1-2H3,(H,30,35)(H,31,32,33). The first-order chi connectivity index (χ1) is 16.9. The lowest BCUT2D eigenvalue weighted by molar-refractivity contribution is -0.127. The highest BCUT2D eigenvalue weighted by Crippen LogP contribution is 2.42. The fourth-order valence-electron chi connectivity index (χ4n) is 5.75. The van der Waals surface area contributed by atoms with E-state index < -0.39 is 5.41 Å². The molecule has 2 aliphatic carbocycles. The summed E-state index contributed by atoms with van der Waals surface area (Å²) in [5.74, 6) is 1.78. The maximum absolute atomic E-state index is 13.5. The van der Waals surface area contributed by atoms with E-state index in [1.54, 1.807) is 0 Å². The number of anilines is 2. The Morgan fingerprint density at radius 2 is 1.60 bits per heavy atom. The van der Waals surface area contributed by atoms with Crippen LogP contribution >= 0.6 is 11.6 Å². The summed E-state index contributed by atoms with van der Waals surface area (Å²) in [7, 11) is 4.02. The van der Waals surface area contributed by atoms with Gasteiger partial charge in [0.2, 0.25) is 11.9 Å². The molecule has 1 heterocycles. The summed E-state index contributed by atoms with van der Waals surface area (Å²) in [6.45, 7) is 0. The van der Waals surface area contributed by atoms with Crippen molar-refractivity contribution in [1.82, 2.24) is 15.3 Å². The average molecular weight is 492 g/mol. The van der Waals surface area contributed by atoms with Crippen LogP contribution in [0, 0.1) is 0 Å².